The van der Waals surface area contributed by atoms with Gasteiger partial charge in [-0.25, -0.2) is 0 Å². The molecular weight excluding hydrogens is 442 g/mol. The lowest BCUT2D eigenvalue weighted by molar-refractivity contribution is -0.144. The molecule has 0 unspecified atom stereocenters. The van der Waals surface area contributed by atoms with Crippen LogP contribution >= 0.6 is 0 Å². The highest BCUT2D eigenvalue weighted by molar-refractivity contribution is 6.05. The Hall–Kier alpha value is -2.96. The highest BCUT2D eigenvalue weighted by Crippen LogP contribution is 2.35. The van der Waals surface area contributed by atoms with E-state index in [-0.39, 0.29) is 54.5 Å². The van der Waals surface area contributed by atoms with Crippen LogP contribution in [0.1, 0.15) is 69.4 Å². The molecule has 0 radical (unpaired) electrons. The van der Waals surface area contributed by atoms with Crippen molar-refractivity contribution in [2.45, 2.75) is 83.8 Å². The van der Waals surface area contributed by atoms with Gasteiger partial charge in [-0.05, 0) is 44.6 Å². The van der Waals surface area contributed by atoms with Crippen molar-refractivity contribution in [1.29, 1.82) is 0 Å². The van der Waals surface area contributed by atoms with Crippen molar-refractivity contribution in [2.75, 3.05) is 6.54 Å². The zero-order valence-corrected chi connectivity index (χ0v) is 20.9. The minimum absolute atomic E-state index is 0.0173. The third-order valence-corrected chi connectivity index (χ3v) is 7.71. The highest BCUT2D eigenvalue weighted by atomic mass is 16.2. The number of hydrogen-bond acceptors (Lipinski definition) is 4. The molecule has 2 fully saturated rings. The van der Waals surface area contributed by atoms with Gasteiger partial charge in [0.15, 0.2) is 0 Å². The Morgan fingerprint density at radius 3 is 2.20 bits per heavy atom. The number of rotatable bonds is 9. The monoisotopic (exact) mass is 479 g/mol. The first-order chi connectivity index (χ1) is 16.9. The first kappa shape index (κ1) is 25.1. The maximum absolute atomic E-state index is 13.5. The van der Waals surface area contributed by atoms with Gasteiger partial charge in [0.05, 0.1) is 11.8 Å². The number of amides is 4. The van der Waals surface area contributed by atoms with Crippen LogP contribution in [0.25, 0.3) is 0 Å². The van der Waals surface area contributed by atoms with Gasteiger partial charge < -0.3 is 10.2 Å². The van der Waals surface area contributed by atoms with E-state index in [0.717, 1.165) is 36.8 Å². The molecule has 1 saturated carbocycles. The lowest BCUT2D eigenvalue weighted by Crippen LogP contribution is -2.51. The number of nitrogens with zero attached hydrogens (tertiary/aromatic N) is 2. The van der Waals surface area contributed by atoms with Crippen LogP contribution in [0.2, 0.25) is 0 Å². The summed E-state index contributed by atoms with van der Waals surface area (Å²) in [5.41, 5.74) is 2.07. The van der Waals surface area contributed by atoms with Gasteiger partial charge >= 0.3 is 0 Å². The Kier molecular flexibility index (Phi) is 8.04. The van der Waals surface area contributed by atoms with Gasteiger partial charge in [0, 0.05) is 25.6 Å². The van der Waals surface area contributed by atoms with Gasteiger partial charge in [-0.3, -0.25) is 24.1 Å². The van der Waals surface area contributed by atoms with Crippen molar-refractivity contribution < 1.29 is 19.2 Å². The van der Waals surface area contributed by atoms with Crippen molar-refractivity contribution in [3.8, 4) is 0 Å². The van der Waals surface area contributed by atoms with Crippen molar-refractivity contribution >= 4 is 23.6 Å². The van der Waals surface area contributed by atoms with Crippen molar-refractivity contribution in [3.63, 3.8) is 0 Å². The number of nitrogens with one attached hydrogen (secondary N) is 1. The molecule has 1 aromatic carbocycles. The van der Waals surface area contributed by atoms with E-state index in [4.69, 9.17) is 0 Å². The lowest BCUT2D eigenvalue weighted by atomic mass is 9.85. The number of allylic oxidation sites excluding steroid dienone is 2. The van der Waals surface area contributed by atoms with Crippen molar-refractivity contribution in [1.82, 2.24) is 15.1 Å². The molecule has 4 amide bonds. The maximum Gasteiger partial charge on any atom is 0.243 e. The summed E-state index contributed by atoms with van der Waals surface area (Å²) in [6.45, 7) is 4.30. The van der Waals surface area contributed by atoms with Gasteiger partial charge in [-0.2, -0.15) is 0 Å². The predicted molar refractivity (Wildman–Crippen MR) is 133 cm³/mol. The van der Waals surface area contributed by atoms with Crippen LogP contribution in [0.5, 0.6) is 0 Å². The predicted octanol–water partition coefficient (Wildman–Crippen LogP) is 3.50. The second kappa shape index (κ2) is 11.2. The SMILES string of the molecule is CC[C@@H](C(=O)NC1CCCC1)N(Cc1ccc(C)cc1)C(=O)CCN1C(=O)[C@H]2CC=CC[C@H]2C1=O. The van der Waals surface area contributed by atoms with E-state index in [1.54, 1.807) is 4.90 Å². The van der Waals surface area contributed by atoms with Crippen LogP contribution in [0.4, 0.5) is 0 Å². The van der Waals surface area contributed by atoms with Gasteiger partial charge in [0.1, 0.15) is 6.04 Å². The minimum Gasteiger partial charge on any atom is -0.352 e. The number of hydrogen-bond donors (Lipinski definition) is 1. The smallest absolute Gasteiger partial charge is 0.243 e. The normalized spacial score (nSPS) is 22.9. The van der Waals surface area contributed by atoms with Gasteiger partial charge in [0.25, 0.3) is 0 Å². The average Bonchev–Trinajstić information content (AvgIpc) is 3.45. The largest absolute Gasteiger partial charge is 0.352 e. The van der Waals surface area contributed by atoms with Gasteiger partial charge in [-0.15, -0.1) is 0 Å². The molecule has 7 nitrogen and oxygen atoms in total. The average molecular weight is 480 g/mol. The zero-order chi connectivity index (χ0) is 24.9. The van der Waals surface area contributed by atoms with E-state index < -0.39 is 6.04 Å². The van der Waals surface area contributed by atoms with Crippen LogP contribution in [-0.4, -0.2) is 52.1 Å². The molecule has 4 rings (SSSR count). The van der Waals surface area contributed by atoms with E-state index in [9.17, 15) is 19.2 Å². The second-order valence-corrected chi connectivity index (χ2v) is 10.2. The van der Waals surface area contributed by atoms with Gasteiger partial charge in [0.2, 0.25) is 23.6 Å². The van der Waals surface area contributed by atoms with E-state index in [0.29, 0.717) is 25.8 Å². The summed E-state index contributed by atoms with van der Waals surface area (Å²) in [6, 6.07) is 7.51. The topological polar surface area (TPSA) is 86.8 Å². The first-order valence-corrected chi connectivity index (χ1v) is 13.0. The molecule has 1 aliphatic heterocycles. The number of likely N-dealkylation sites (tertiary alicyclic amines) is 1. The van der Waals surface area contributed by atoms with E-state index >= 15 is 0 Å². The quantitative estimate of drug-likeness (QED) is 0.434. The Balaban J connectivity index is 1.47. The Bertz CT molecular complexity index is 954. The summed E-state index contributed by atoms with van der Waals surface area (Å²) < 4.78 is 0. The Morgan fingerprint density at radius 2 is 1.63 bits per heavy atom. The van der Waals surface area contributed by atoms with Crippen molar-refractivity contribution in [3.05, 3.63) is 47.5 Å². The number of aryl methyl sites for hydroxylation is 1. The number of carbonyl (C=O) groups is 4. The lowest BCUT2D eigenvalue weighted by Gasteiger charge is -2.32. The van der Waals surface area contributed by atoms with E-state index in [2.05, 4.69) is 5.32 Å². The fourth-order valence-electron chi connectivity index (χ4n) is 5.62. The molecule has 0 bridgehead atoms. The summed E-state index contributed by atoms with van der Waals surface area (Å²) >= 11 is 0. The van der Waals surface area contributed by atoms with E-state index in [1.807, 2.05) is 50.3 Å². The Morgan fingerprint density at radius 1 is 1.03 bits per heavy atom. The number of benzene rings is 1. The molecule has 7 heteroatoms. The molecule has 35 heavy (non-hydrogen) atoms. The molecule has 3 aliphatic rings. The first-order valence-electron chi connectivity index (χ1n) is 13.0. The summed E-state index contributed by atoms with van der Waals surface area (Å²) in [5.74, 6) is -1.28. The molecule has 1 aromatic rings. The zero-order valence-electron chi connectivity index (χ0n) is 20.9. The van der Waals surface area contributed by atoms with Crippen LogP contribution < -0.4 is 5.32 Å². The number of fused-ring (bicyclic) bond motifs is 1. The van der Waals surface area contributed by atoms with Crippen LogP contribution in [0, 0.1) is 18.8 Å². The molecule has 3 atom stereocenters. The minimum atomic E-state index is -0.596. The molecule has 0 spiro atoms. The molecule has 0 aromatic heterocycles. The standard InChI is InChI=1S/C28H37N3O4/c1-3-24(26(33)29-21-8-4-5-9-21)31(18-20-14-12-19(2)13-15-20)25(32)16-17-30-27(34)22-10-6-7-11-23(22)28(30)35/h6-7,12-15,21-24H,3-5,8-11,16-18H2,1-2H3,(H,29,33)/t22-,23+,24-/m0/s1. The molecule has 188 valence electrons. The van der Waals surface area contributed by atoms with E-state index in [1.165, 1.54) is 4.90 Å². The highest BCUT2D eigenvalue weighted by Gasteiger charge is 2.47. The molecule has 2 aliphatic carbocycles. The number of carbonyl (C=O) groups excluding carboxylic acids is 4. The summed E-state index contributed by atoms with van der Waals surface area (Å²) in [4.78, 5) is 55.3. The summed E-state index contributed by atoms with van der Waals surface area (Å²) in [6.07, 6.45) is 9.77. The van der Waals surface area contributed by atoms with Crippen LogP contribution in [0.15, 0.2) is 36.4 Å². The summed E-state index contributed by atoms with van der Waals surface area (Å²) in [7, 11) is 0. The fourth-order valence-corrected chi connectivity index (χ4v) is 5.62. The fraction of sp³-hybridized carbons (Fsp3) is 0.571. The molecular formula is C28H37N3O4. The third kappa shape index (κ3) is 5.65. The second-order valence-electron chi connectivity index (χ2n) is 10.2. The van der Waals surface area contributed by atoms with Gasteiger partial charge in [-0.1, -0.05) is 61.7 Å². The third-order valence-electron chi connectivity index (χ3n) is 7.71. The maximum atomic E-state index is 13.5. The van der Waals surface area contributed by atoms with Crippen LogP contribution in [0.3, 0.4) is 0 Å². The van der Waals surface area contributed by atoms with Crippen LogP contribution in [-0.2, 0) is 25.7 Å². The molecule has 1 N–H and O–H groups in total. The van der Waals surface area contributed by atoms with Crippen molar-refractivity contribution in [2.24, 2.45) is 11.8 Å². The number of imide groups is 1. The molecule has 1 heterocycles. The molecule has 1 saturated heterocycles. The Labute approximate surface area is 207 Å². The summed E-state index contributed by atoms with van der Waals surface area (Å²) in [5, 5.41) is 3.15.